The van der Waals surface area contributed by atoms with Gasteiger partial charge in [0.25, 0.3) is 5.91 Å². The zero-order valence-electron chi connectivity index (χ0n) is 15.3. The number of anilines is 1. The highest BCUT2D eigenvalue weighted by molar-refractivity contribution is 14.1. The summed E-state index contributed by atoms with van der Waals surface area (Å²) in [6.45, 7) is 0. The number of amides is 1. The summed E-state index contributed by atoms with van der Waals surface area (Å²) < 4.78 is 28.7. The number of benzene rings is 2. The number of hydrogen-bond acceptors (Lipinski definition) is 4. The molecule has 0 saturated carbocycles. The van der Waals surface area contributed by atoms with Crippen molar-refractivity contribution in [1.82, 2.24) is 20.0 Å². The van der Waals surface area contributed by atoms with E-state index in [1.807, 2.05) is 22.6 Å². The van der Waals surface area contributed by atoms with Gasteiger partial charge < -0.3 is 5.32 Å². The summed E-state index contributed by atoms with van der Waals surface area (Å²) in [7, 11) is 0. The van der Waals surface area contributed by atoms with E-state index in [4.69, 9.17) is 23.2 Å². The van der Waals surface area contributed by atoms with Crippen molar-refractivity contribution in [3.05, 3.63) is 85.8 Å². The van der Waals surface area contributed by atoms with Gasteiger partial charge in [-0.3, -0.25) is 4.79 Å². The van der Waals surface area contributed by atoms with Crippen LogP contribution in [0.5, 0.6) is 0 Å². The summed E-state index contributed by atoms with van der Waals surface area (Å²) in [5.74, 6) is -1.66. The maximum Gasteiger partial charge on any atom is 0.258 e. The molecule has 2 aromatic heterocycles. The van der Waals surface area contributed by atoms with Crippen LogP contribution in [0.3, 0.4) is 0 Å². The Morgan fingerprint density at radius 3 is 2.42 bits per heavy atom. The number of hydrogen-bond donors (Lipinski definition) is 1. The van der Waals surface area contributed by atoms with E-state index >= 15 is 0 Å². The predicted octanol–water partition coefficient (Wildman–Crippen LogP) is 5.77. The van der Waals surface area contributed by atoms with Crippen LogP contribution in [-0.4, -0.2) is 25.9 Å². The minimum Gasteiger partial charge on any atom is -0.320 e. The third kappa shape index (κ3) is 4.53. The summed E-state index contributed by atoms with van der Waals surface area (Å²) in [5, 5.41) is 10.7. The quantitative estimate of drug-likeness (QED) is 0.316. The van der Waals surface area contributed by atoms with E-state index < -0.39 is 17.5 Å². The Morgan fingerprint density at radius 1 is 1.00 bits per heavy atom. The highest BCUT2D eigenvalue weighted by Gasteiger charge is 2.18. The Labute approximate surface area is 198 Å². The predicted molar refractivity (Wildman–Crippen MR) is 122 cm³/mol. The lowest BCUT2D eigenvalue weighted by Crippen LogP contribution is -2.15. The van der Waals surface area contributed by atoms with Gasteiger partial charge in [0.05, 0.1) is 34.9 Å². The van der Waals surface area contributed by atoms with Gasteiger partial charge in [0.15, 0.2) is 5.82 Å². The van der Waals surface area contributed by atoms with E-state index in [2.05, 4.69) is 20.5 Å². The summed E-state index contributed by atoms with van der Waals surface area (Å²) in [5.41, 5.74) is 0.885. The molecule has 156 valence electrons. The molecular weight excluding hydrogens is 562 g/mol. The van der Waals surface area contributed by atoms with Gasteiger partial charge in [0.1, 0.15) is 11.6 Å². The van der Waals surface area contributed by atoms with Crippen molar-refractivity contribution in [2.45, 2.75) is 0 Å². The smallest absolute Gasteiger partial charge is 0.258 e. The molecule has 4 rings (SSSR count). The maximum atomic E-state index is 14.8. The van der Waals surface area contributed by atoms with Crippen molar-refractivity contribution >= 4 is 57.4 Å². The molecule has 0 radical (unpaired) electrons. The van der Waals surface area contributed by atoms with Gasteiger partial charge in [-0.1, -0.05) is 29.3 Å². The second kappa shape index (κ2) is 8.85. The molecule has 11 heteroatoms. The Kier molecular flexibility index (Phi) is 6.17. The van der Waals surface area contributed by atoms with Crippen LogP contribution >= 0.6 is 45.8 Å². The molecule has 2 heterocycles. The van der Waals surface area contributed by atoms with Crippen LogP contribution in [0.15, 0.2) is 55.0 Å². The molecule has 0 spiro atoms. The van der Waals surface area contributed by atoms with E-state index in [-0.39, 0.29) is 27.1 Å². The van der Waals surface area contributed by atoms with E-state index in [1.54, 1.807) is 0 Å². The molecule has 0 saturated heterocycles. The fraction of sp³-hybridized carbons (Fsp3) is 0. The molecule has 1 amide bonds. The third-order valence-corrected chi connectivity index (χ3v) is 5.69. The molecule has 0 atom stereocenters. The summed E-state index contributed by atoms with van der Waals surface area (Å²) >= 11 is 14.4. The van der Waals surface area contributed by atoms with E-state index in [0.717, 1.165) is 6.07 Å². The maximum absolute atomic E-state index is 14.8. The zero-order chi connectivity index (χ0) is 22.1. The first-order valence-electron chi connectivity index (χ1n) is 8.61. The van der Waals surface area contributed by atoms with Gasteiger partial charge in [0.2, 0.25) is 0 Å². The second-order valence-corrected chi connectivity index (χ2v) is 8.21. The minimum atomic E-state index is -0.784. The lowest BCUT2D eigenvalue weighted by atomic mass is 10.0. The summed E-state index contributed by atoms with van der Waals surface area (Å²) in [6.07, 6.45) is 4.28. The molecule has 0 bridgehead atoms. The first-order valence-corrected chi connectivity index (χ1v) is 10.4. The standard InChI is InChI=1S/C20H10Cl2F2IN5O/c21-15-7-14(17(24)8-13(15)12-2-1-10(23)5-18(12)25)20(31)29-11-6-16(22)19(26-9-11)30-27-3-4-28-30/h1-9H,(H,29,31). The Hall–Kier alpha value is -2.63. The van der Waals surface area contributed by atoms with Crippen LogP contribution in [0.1, 0.15) is 10.4 Å². The lowest BCUT2D eigenvalue weighted by Gasteiger charge is -2.12. The summed E-state index contributed by atoms with van der Waals surface area (Å²) in [4.78, 5) is 18.0. The fourth-order valence-corrected chi connectivity index (χ4v) is 4.08. The number of halogens is 5. The third-order valence-electron chi connectivity index (χ3n) is 4.21. The normalized spacial score (nSPS) is 10.9. The van der Waals surface area contributed by atoms with Crippen molar-refractivity contribution < 1.29 is 13.6 Å². The van der Waals surface area contributed by atoms with Gasteiger partial charge in [-0.15, -0.1) is 4.80 Å². The average Bonchev–Trinajstić information content (AvgIpc) is 3.24. The van der Waals surface area contributed by atoms with Crippen molar-refractivity contribution in [1.29, 1.82) is 0 Å². The van der Waals surface area contributed by atoms with E-state index in [0.29, 0.717) is 14.7 Å². The number of nitrogens with one attached hydrogen (secondary N) is 1. The van der Waals surface area contributed by atoms with Crippen molar-refractivity contribution in [2.24, 2.45) is 0 Å². The molecule has 0 aliphatic rings. The first kappa shape index (κ1) is 21.6. The van der Waals surface area contributed by atoms with Crippen molar-refractivity contribution in [3.63, 3.8) is 0 Å². The van der Waals surface area contributed by atoms with E-state index in [1.165, 1.54) is 53.7 Å². The number of nitrogens with zero attached hydrogens (tertiary/aromatic N) is 4. The summed E-state index contributed by atoms with van der Waals surface area (Å²) in [6, 6.07) is 7.87. The monoisotopic (exact) mass is 571 g/mol. The van der Waals surface area contributed by atoms with E-state index in [9.17, 15) is 13.6 Å². The average molecular weight is 572 g/mol. The molecular formula is C20H10Cl2F2IN5O. The van der Waals surface area contributed by atoms with Crippen LogP contribution in [0.4, 0.5) is 14.5 Å². The Morgan fingerprint density at radius 2 is 1.74 bits per heavy atom. The molecule has 0 fully saturated rings. The van der Waals surface area contributed by atoms with Gasteiger partial charge >= 0.3 is 0 Å². The van der Waals surface area contributed by atoms with Gasteiger partial charge in [-0.2, -0.15) is 10.2 Å². The topological polar surface area (TPSA) is 72.7 Å². The van der Waals surface area contributed by atoms with Gasteiger partial charge in [-0.05, 0) is 58.5 Å². The number of pyridine rings is 1. The van der Waals surface area contributed by atoms with Crippen LogP contribution in [0.2, 0.25) is 10.0 Å². The van der Waals surface area contributed by atoms with Gasteiger partial charge in [-0.25, -0.2) is 13.8 Å². The molecule has 0 aliphatic carbocycles. The molecule has 0 unspecified atom stereocenters. The lowest BCUT2D eigenvalue weighted by molar-refractivity contribution is 0.102. The molecule has 2 aromatic carbocycles. The minimum absolute atomic E-state index is 0.146. The highest BCUT2D eigenvalue weighted by atomic mass is 127. The highest BCUT2D eigenvalue weighted by Crippen LogP contribution is 2.34. The Balaban J connectivity index is 1.61. The Bertz CT molecular complexity index is 1300. The number of carbonyl (C=O) groups excluding carboxylic acids is 1. The zero-order valence-corrected chi connectivity index (χ0v) is 19.0. The van der Waals surface area contributed by atoms with Crippen LogP contribution in [0, 0.1) is 15.2 Å². The van der Waals surface area contributed by atoms with Crippen LogP contribution in [-0.2, 0) is 0 Å². The van der Waals surface area contributed by atoms with Crippen LogP contribution < -0.4 is 5.32 Å². The number of aromatic nitrogens is 4. The fourth-order valence-electron chi connectivity index (χ4n) is 2.80. The molecule has 0 aliphatic heterocycles. The molecule has 1 N–H and O–H groups in total. The largest absolute Gasteiger partial charge is 0.320 e. The van der Waals surface area contributed by atoms with Crippen LogP contribution in [0.25, 0.3) is 16.9 Å². The van der Waals surface area contributed by atoms with Crippen molar-refractivity contribution in [2.75, 3.05) is 5.32 Å². The number of carbonyl (C=O) groups is 1. The molecule has 6 nitrogen and oxygen atoms in total. The first-order chi connectivity index (χ1) is 14.8. The molecule has 4 aromatic rings. The van der Waals surface area contributed by atoms with Gasteiger partial charge in [0, 0.05) is 14.2 Å². The SMILES string of the molecule is O=C(Nc1cnc(-n2nccn2)c(Cl)c1)c1cc(Cl)c(-c2ccc(F)cc2I)cc1F. The second-order valence-electron chi connectivity index (χ2n) is 6.24. The number of rotatable bonds is 4. The van der Waals surface area contributed by atoms with Crippen molar-refractivity contribution in [3.8, 4) is 16.9 Å². The molecule has 31 heavy (non-hydrogen) atoms.